The van der Waals surface area contributed by atoms with E-state index in [-0.39, 0.29) is 10.5 Å². The second-order valence-corrected chi connectivity index (χ2v) is 7.20. The zero-order valence-corrected chi connectivity index (χ0v) is 13.2. The zero-order valence-electron chi connectivity index (χ0n) is 12.4. The summed E-state index contributed by atoms with van der Waals surface area (Å²) in [5, 5.41) is 4.16. The lowest BCUT2D eigenvalue weighted by molar-refractivity contribution is 0.103. The topological polar surface area (TPSA) is 41.8 Å². The Morgan fingerprint density at radius 3 is 2.29 bits per heavy atom. The molecule has 4 heteroatoms. The van der Waals surface area contributed by atoms with Gasteiger partial charge in [-0.1, -0.05) is 42.5 Å². The van der Waals surface area contributed by atoms with E-state index < -0.39 is 0 Å². The van der Waals surface area contributed by atoms with Crippen LogP contribution < -0.4 is 0 Å². The van der Waals surface area contributed by atoms with Crippen LogP contribution in [0.1, 0.15) is 36.7 Å². The van der Waals surface area contributed by atoms with Crippen molar-refractivity contribution in [3.05, 3.63) is 65.7 Å². The summed E-state index contributed by atoms with van der Waals surface area (Å²) in [6.07, 6.45) is 0. The van der Waals surface area contributed by atoms with Crippen molar-refractivity contribution in [2.45, 2.75) is 25.5 Å². The van der Waals surface area contributed by atoms with Gasteiger partial charge in [-0.05, 0) is 32.9 Å². The number of hydrogen-bond donors (Lipinski definition) is 0. The fraction of sp³-hybridized carbons (Fsp3) is 0.235. The molecule has 21 heavy (non-hydrogen) atoms. The van der Waals surface area contributed by atoms with E-state index in [4.69, 9.17) is 0 Å². The van der Waals surface area contributed by atoms with Crippen molar-refractivity contribution in [3.63, 3.8) is 0 Å². The van der Waals surface area contributed by atoms with E-state index in [9.17, 15) is 4.79 Å². The fourth-order valence-electron chi connectivity index (χ4n) is 1.66. The fourth-order valence-corrected chi connectivity index (χ4v) is 2.04. The first-order chi connectivity index (χ1) is 9.96. The molecule has 2 aromatic carbocycles. The summed E-state index contributed by atoms with van der Waals surface area (Å²) < 4.78 is 4.15. The van der Waals surface area contributed by atoms with Gasteiger partial charge in [-0.15, -0.1) is 9.63 Å². The number of carbonyl (C=O) groups excluding carboxylic acids is 1. The Morgan fingerprint density at radius 1 is 0.952 bits per heavy atom. The van der Waals surface area contributed by atoms with Crippen LogP contribution in [0.2, 0.25) is 0 Å². The van der Waals surface area contributed by atoms with E-state index in [2.05, 4.69) is 30.4 Å². The molecular weight excluding hydrogens is 280 g/mol. The molecule has 0 N–H and O–H groups in total. The van der Waals surface area contributed by atoms with Gasteiger partial charge in [0.25, 0.3) is 0 Å². The molecule has 0 aliphatic heterocycles. The molecular formula is C17H18N2OS. The number of carbonyl (C=O) groups is 1. The van der Waals surface area contributed by atoms with Gasteiger partial charge in [-0.2, -0.15) is 0 Å². The molecule has 0 unspecified atom stereocenters. The van der Waals surface area contributed by atoms with E-state index in [0.717, 1.165) is 0 Å². The Hall–Kier alpha value is -1.94. The first kappa shape index (κ1) is 15.4. The maximum atomic E-state index is 12.4. The van der Waals surface area contributed by atoms with Crippen LogP contribution in [-0.4, -0.2) is 10.5 Å². The maximum absolute atomic E-state index is 12.4. The second-order valence-electron chi connectivity index (χ2n) is 5.63. The van der Waals surface area contributed by atoms with E-state index in [1.807, 2.05) is 42.5 Å². The van der Waals surface area contributed by atoms with Crippen LogP contribution >= 0.6 is 11.9 Å². The highest BCUT2D eigenvalue weighted by Crippen LogP contribution is 2.27. The minimum Gasteiger partial charge on any atom is -0.289 e. The molecule has 0 aromatic heterocycles. The van der Waals surface area contributed by atoms with Gasteiger partial charge < -0.3 is 0 Å². The summed E-state index contributed by atoms with van der Waals surface area (Å²) in [5.41, 5.74) is 1.99. The third kappa shape index (κ3) is 4.83. The maximum Gasteiger partial charge on any atom is 0.193 e. The van der Waals surface area contributed by atoms with Gasteiger partial charge in [-0.3, -0.25) is 4.79 Å². The molecule has 0 saturated carbocycles. The van der Waals surface area contributed by atoms with Crippen LogP contribution in [0.3, 0.4) is 0 Å². The van der Waals surface area contributed by atoms with Gasteiger partial charge in [0.2, 0.25) is 0 Å². The molecule has 2 rings (SSSR count). The van der Waals surface area contributed by atoms with Crippen LogP contribution in [0.25, 0.3) is 0 Å². The molecule has 0 aliphatic carbocycles. The van der Waals surface area contributed by atoms with Crippen LogP contribution in [0.15, 0.2) is 64.2 Å². The summed E-state index contributed by atoms with van der Waals surface area (Å²) in [4.78, 5) is 12.4. The van der Waals surface area contributed by atoms with Crippen LogP contribution in [-0.2, 0) is 0 Å². The summed E-state index contributed by atoms with van der Waals surface area (Å²) in [6.45, 7) is 6.23. The molecule has 2 aromatic rings. The molecule has 0 amide bonds. The van der Waals surface area contributed by atoms with Gasteiger partial charge in [0.1, 0.15) is 0 Å². The molecule has 0 radical (unpaired) electrons. The number of nitrogens with zero attached hydrogens (tertiary/aromatic N) is 2. The highest BCUT2D eigenvalue weighted by molar-refractivity contribution is 7.99. The van der Waals surface area contributed by atoms with E-state index in [0.29, 0.717) is 16.8 Å². The molecule has 0 heterocycles. The van der Waals surface area contributed by atoms with Crippen molar-refractivity contribution >= 4 is 23.4 Å². The Kier molecular flexibility index (Phi) is 4.91. The Balaban J connectivity index is 2.16. The molecule has 0 atom stereocenters. The van der Waals surface area contributed by atoms with E-state index >= 15 is 0 Å². The third-order valence-electron chi connectivity index (χ3n) is 2.62. The van der Waals surface area contributed by atoms with Crippen LogP contribution in [0.4, 0.5) is 5.69 Å². The van der Waals surface area contributed by atoms with Crippen LogP contribution in [0.5, 0.6) is 0 Å². The van der Waals surface area contributed by atoms with Crippen molar-refractivity contribution in [1.29, 1.82) is 0 Å². The minimum absolute atomic E-state index is 0.00359. The highest BCUT2D eigenvalue weighted by Gasteiger charge is 2.11. The highest BCUT2D eigenvalue weighted by atomic mass is 32.2. The lowest BCUT2D eigenvalue weighted by atomic mass is 10.0. The quantitative estimate of drug-likeness (QED) is 0.428. The summed E-state index contributed by atoms with van der Waals surface area (Å²) in [7, 11) is 0. The van der Waals surface area contributed by atoms with Gasteiger partial charge in [0.05, 0.1) is 5.69 Å². The van der Waals surface area contributed by atoms with Crippen molar-refractivity contribution in [3.8, 4) is 0 Å². The van der Waals surface area contributed by atoms with E-state index in [1.165, 1.54) is 11.9 Å². The standard InChI is InChI=1S/C17H18N2OS/c1-17(2,3)21-19-18-15-11-7-10-14(12-15)16(20)13-8-5-4-6-9-13/h4-12H,1-3H3. The number of hydrogen-bond acceptors (Lipinski definition) is 4. The van der Waals surface area contributed by atoms with Gasteiger partial charge in [0.15, 0.2) is 5.78 Å². The van der Waals surface area contributed by atoms with Crippen LogP contribution in [0, 0.1) is 0 Å². The van der Waals surface area contributed by atoms with Gasteiger partial charge >= 0.3 is 0 Å². The summed E-state index contributed by atoms with van der Waals surface area (Å²) >= 11 is 1.41. The summed E-state index contributed by atoms with van der Waals surface area (Å²) in [6, 6.07) is 16.5. The summed E-state index contributed by atoms with van der Waals surface area (Å²) in [5.74, 6) is -0.00359. The van der Waals surface area contributed by atoms with Gasteiger partial charge in [-0.25, -0.2) is 0 Å². The van der Waals surface area contributed by atoms with Crippen molar-refractivity contribution in [1.82, 2.24) is 0 Å². The minimum atomic E-state index is -0.00359. The molecule has 3 nitrogen and oxygen atoms in total. The molecule has 0 saturated heterocycles. The lowest BCUT2D eigenvalue weighted by Crippen LogP contribution is -2.04. The molecule has 0 aliphatic rings. The largest absolute Gasteiger partial charge is 0.289 e. The SMILES string of the molecule is CC(C)(C)SN=Nc1cccc(C(=O)c2ccccc2)c1. The van der Waals surface area contributed by atoms with Gasteiger partial charge in [0, 0.05) is 27.8 Å². The van der Waals surface area contributed by atoms with Crippen molar-refractivity contribution in [2.24, 2.45) is 9.63 Å². The normalized spacial score (nSPS) is 11.8. The predicted molar refractivity (Wildman–Crippen MR) is 88.2 cm³/mol. The van der Waals surface area contributed by atoms with Crippen molar-refractivity contribution < 1.29 is 4.79 Å². The number of ketones is 1. The predicted octanol–water partition coefficient (Wildman–Crippen LogP) is 5.45. The average molecular weight is 298 g/mol. The third-order valence-corrected chi connectivity index (χ3v) is 3.33. The molecule has 0 bridgehead atoms. The van der Waals surface area contributed by atoms with Crippen molar-refractivity contribution in [2.75, 3.05) is 0 Å². The second kappa shape index (κ2) is 6.68. The first-order valence-electron chi connectivity index (χ1n) is 6.75. The monoisotopic (exact) mass is 298 g/mol. The first-order valence-corrected chi connectivity index (χ1v) is 7.52. The molecule has 108 valence electrons. The van der Waals surface area contributed by atoms with E-state index in [1.54, 1.807) is 12.1 Å². The Bertz CT molecular complexity index is 645. The Morgan fingerprint density at radius 2 is 1.62 bits per heavy atom. The zero-order chi connectivity index (χ0) is 15.3. The number of rotatable bonds is 4. The Labute approximate surface area is 129 Å². The lowest BCUT2D eigenvalue weighted by Gasteiger charge is -2.11. The smallest absolute Gasteiger partial charge is 0.193 e. The molecule has 0 spiro atoms. The average Bonchev–Trinajstić information content (AvgIpc) is 2.46. The molecule has 0 fully saturated rings. The number of benzene rings is 2.